The molecule has 0 aromatic heterocycles. The van der Waals surface area contributed by atoms with Gasteiger partial charge in [-0.2, -0.15) is 0 Å². The van der Waals surface area contributed by atoms with E-state index in [1.54, 1.807) is 7.11 Å². The number of hydrogen-bond acceptors (Lipinski definition) is 2. The van der Waals surface area contributed by atoms with Crippen molar-refractivity contribution in [2.75, 3.05) is 7.11 Å². The summed E-state index contributed by atoms with van der Waals surface area (Å²) >= 11 is 6.36. The smallest absolute Gasteiger partial charge is 0.409 e. The summed E-state index contributed by atoms with van der Waals surface area (Å²) in [6.45, 7) is 1.94. The zero-order valence-corrected chi connectivity index (χ0v) is 13.9. The number of methoxy groups -OCH3 is 1. The van der Waals surface area contributed by atoms with E-state index >= 15 is 0 Å². The van der Waals surface area contributed by atoms with Crippen LogP contribution in [0.25, 0.3) is 0 Å². The van der Waals surface area contributed by atoms with Gasteiger partial charge in [-0.05, 0) is 30.9 Å². The maximum absolute atomic E-state index is 11.8. The molecule has 1 fully saturated rings. The highest BCUT2D eigenvalue weighted by Crippen LogP contribution is 2.40. The molecule has 0 radical (unpaired) electrons. The molecule has 3 atom stereocenters. The van der Waals surface area contributed by atoms with Crippen molar-refractivity contribution in [1.82, 2.24) is 4.90 Å². The third-order valence-corrected chi connectivity index (χ3v) is 4.89. The number of nitrogens with zero attached hydrogens (tertiary/aromatic N) is 1. The minimum atomic E-state index is -0.919. The molecule has 4 nitrogen and oxygen atoms in total. The largest absolute Gasteiger partial charge is 0.465 e. The standard InChI is InChI=1S/C17H24ClNO3/c1-3-16(22-2)19(17(20)21)15-11-7-5-9-13(15)12-8-4-6-10-14(12)18/h4,6,8,10,13,15-16H,3,5,7,9,11H2,1-2H3,(H,20,21)/t13-,15-,16?/m1/s1. The van der Waals surface area contributed by atoms with Crippen molar-refractivity contribution in [2.45, 2.75) is 57.2 Å². The molecule has 1 aromatic carbocycles. The second kappa shape index (κ2) is 7.84. The number of halogens is 1. The molecule has 0 spiro atoms. The van der Waals surface area contributed by atoms with Crippen molar-refractivity contribution in [3.63, 3.8) is 0 Å². The van der Waals surface area contributed by atoms with Gasteiger partial charge in [-0.15, -0.1) is 0 Å². The predicted molar refractivity (Wildman–Crippen MR) is 87.4 cm³/mol. The molecule has 5 heteroatoms. The predicted octanol–water partition coefficient (Wildman–Crippen LogP) is 4.73. The Morgan fingerprint density at radius 1 is 1.41 bits per heavy atom. The maximum atomic E-state index is 11.8. The number of hydrogen-bond donors (Lipinski definition) is 1. The quantitative estimate of drug-likeness (QED) is 0.796. The van der Waals surface area contributed by atoms with Crippen LogP contribution in [0, 0.1) is 0 Å². The molecular formula is C17H24ClNO3. The van der Waals surface area contributed by atoms with E-state index in [9.17, 15) is 9.90 Å². The lowest BCUT2D eigenvalue weighted by atomic mass is 9.79. The van der Waals surface area contributed by atoms with Crippen LogP contribution in [0.5, 0.6) is 0 Å². The van der Waals surface area contributed by atoms with Crippen LogP contribution in [0.3, 0.4) is 0 Å². The van der Waals surface area contributed by atoms with E-state index in [0.29, 0.717) is 6.42 Å². The first-order valence-electron chi connectivity index (χ1n) is 7.88. The Morgan fingerprint density at radius 2 is 2.09 bits per heavy atom. The molecule has 1 aliphatic carbocycles. The van der Waals surface area contributed by atoms with Crippen LogP contribution in [-0.2, 0) is 4.74 Å². The van der Waals surface area contributed by atoms with Crippen LogP contribution in [0.4, 0.5) is 4.79 Å². The summed E-state index contributed by atoms with van der Waals surface area (Å²) in [5.41, 5.74) is 1.05. The average Bonchev–Trinajstić information content (AvgIpc) is 2.53. The molecule has 22 heavy (non-hydrogen) atoms. The molecule has 1 N–H and O–H groups in total. The Morgan fingerprint density at radius 3 is 2.68 bits per heavy atom. The Bertz CT molecular complexity index is 504. The van der Waals surface area contributed by atoms with E-state index in [1.807, 2.05) is 31.2 Å². The Hall–Kier alpha value is -1.26. The van der Waals surface area contributed by atoms with Crippen molar-refractivity contribution in [3.05, 3.63) is 34.9 Å². The molecule has 1 amide bonds. The van der Waals surface area contributed by atoms with Crippen LogP contribution < -0.4 is 0 Å². The summed E-state index contributed by atoms with van der Waals surface area (Å²) in [5.74, 6) is 0.128. The van der Waals surface area contributed by atoms with Crippen molar-refractivity contribution in [3.8, 4) is 0 Å². The average molecular weight is 326 g/mol. The summed E-state index contributed by atoms with van der Waals surface area (Å²) in [7, 11) is 1.57. The van der Waals surface area contributed by atoms with Gasteiger partial charge in [0.2, 0.25) is 0 Å². The number of rotatable bonds is 5. The van der Waals surface area contributed by atoms with Crippen LogP contribution in [0.2, 0.25) is 5.02 Å². The van der Waals surface area contributed by atoms with Crippen LogP contribution in [0.1, 0.15) is 50.5 Å². The first-order chi connectivity index (χ1) is 10.6. The number of carboxylic acid groups (broad SMARTS) is 1. The van der Waals surface area contributed by atoms with Crippen LogP contribution >= 0.6 is 11.6 Å². The monoisotopic (exact) mass is 325 g/mol. The number of carbonyl (C=O) groups is 1. The van der Waals surface area contributed by atoms with Gasteiger partial charge >= 0.3 is 6.09 Å². The number of ether oxygens (including phenoxy) is 1. The fourth-order valence-electron chi connectivity index (χ4n) is 3.54. The van der Waals surface area contributed by atoms with Gasteiger partial charge in [0.1, 0.15) is 6.23 Å². The topological polar surface area (TPSA) is 49.8 Å². The lowest BCUT2D eigenvalue weighted by Crippen LogP contribution is -2.50. The fraction of sp³-hybridized carbons (Fsp3) is 0.588. The molecule has 1 unspecified atom stereocenters. The van der Waals surface area contributed by atoms with E-state index in [0.717, 1.165) is 36.3 Å². The Labute approximate surface area is 137 Å². The van der Waals surface area contributed by atoms with E-state index in [1.165, 1.54) is 4.90 Å². The van der Waals surface area contributed by atoms with E-state index in [4.69, 9.17) is 16.3 Å². The van der Waals surface area contributed by atoms with Crippen molar-refractivity contribution in [2.24, 2.45) is 0 Å². The van der Waals surface area contributed by atoms with Crippen LogP contribution in [0.15, 0.2) is 24.3 Å². The fourth-order valence-corrected chi connectivity index (χ4v) is 3.81. The van der Waals surface area contributed by atoms with Gasteiger partial charge in [0, 0.05) is 24.1 Å². The van der Waals surface area contributed by atoms with Gasteiger partial charge in [-0.25, -0.2) is 4.79 Å². The summed E-state index contributed by atoms with van der Waals surface area (Å²) in [6, 6.07) is 7.67. The molecule has 122 valence electrons. The molecule has 2 rings (SSSR count). The highest BCUT2D eigenvalue weighted by molar-refractivity contribution is 6.31. The molecule has 0 aliphatic heterocycles. The van der Waals surface area contributed by atoms with Gasteiger partial charge < -0.3 is 9.84 Å². The van der Waals surface area contributed by atoms with Gasteiger partial charge in [0.05, 0.1) is 0 Å². The molecule has 1 saturated carbocycles. The Kier molecular flexibility index (Phi) is 6.09. The highest BCUT2D eigenvalue weighted by atomic mass is 35.5. The molecule has 1 aliphatic rings. The van der Waals surface area contributed by atoms with Crippen molar-refractivity contribution < 1.29 is 14.6 Å². The molecule has 0 bridgehead atoms. The first-order valence-corrected chi connectivity index (χ1v) is 8.26. The third-order valence-electron chi connectivity index (χ3n) is 4.54. The van der Waals surface area contributed by atoms with Gasteiger partial charge in [-0.1, -0.05) is 49.6 Å². The zero-order chi connectivity index (χ0) is 16.1. The summed E-state index contributed by atoms with van der Waals surface area (Å²) in [4.78, 5) is 13.3. The van der Waals surface area contributed by atoms with Crippen molar-refractivity contribution in [1.29, 1.82) is 0 Å². The summed E-state index contributed by atoms with van der Waals surface area (Å²) < 4.78 is 5.40. The molecule has 0 heterocycles. The van der Waals surface area contributed by atoms with Gasteiger partial charge in [0.25, 0.3) is 0 Å². The second-order valence-electron chi connectivity index (χ2n) is 5.77. The highest BCUT2D eigenvalue weighted by Gasteiger charge is 2.38. The Balaban J connectivity index is 2.35. The molecule has 0 saturated heterocycles. The van der Waals surface area contributed by atoms with E-state index in [2.05, 4.69) is 0 Å². The second-order valence-corrected chi connectivity index (χ2v) is 6.18. The zero-order valence-electron chi connectivity index (χ0n) is 13.2. The minimum Gasteiger partial charge on any atom is -0.465 e. The lowest BCUT2D eigenvalue weighted by molar-refractivity contribution is -0.0535. The third kappa shape index (κ3) is 3.55. The normalized spacial score (nSPS) is 23.0. The minimum absolute atomic E-state index is 0.0870. The van der Waals surface area contributed by atoms with Gasteiger partial charge in [0.15, 0.2) is 0 Å². The summed E-state index contributed by atoms with van der Waals surface area (Å²) in [5, 5.41) is 10.4. The van der Waals surface area contributed by atoms with Crippen LogP contribution in [-0.4, -0.2) is 35.5 Å². The van der Waals surface area contributed by atoms with Crippen molar-refractivity contribution >= 4 is 17.7 Å². The van der Waals surface area contributed by atoms with Gasteiger partial charge in [-0.3, -0.25) is 4.90 Å². The van der Waals surface area contributed by atoms with E-state index in [-0.39, 0.29) is 12.0 Å². The lowest BCUT2D eigenvalue weighted by Gasteiger charge is -2.42. The number of amides is 1. The molecular weight excluding hydrogens is 302 g/mol. The maximum Gasteiger partial charge on any atom is 0.409 e. The molecule has 1 aromatic rings. The number of benzene rings is 1. The van der Waals surface area contributed by atoms with E-state index < -0.39 is 12.3 Å². The summed E-state index contributed by atoms with van der Waals surface area (Å²) in [6.07, 6.45) is 3.25. The first kappa shape index (κ1) is 17.1. The SMILES string of the molecule is CCC(OC)N(C(=O)O)[C@@H]1CCCC[C@@H]1c1ccccc1Cl.